The number of nitrogens with zero attached hydrogens (tertiary/aromatic N) is 3. The number of hydrogen-bond acceptors (Lipinski definition) is 7. The van der Waals surface area contributed by atoms with Crippen LogP contribution >= 0.6 is 11.3 Å². The molecule has 0 spiro atoms. The van der Waals surface area contributed by atoms with Crippen molar-refractivity contribution in [2.45, 2.75) is 30.6 Å². The lowest BCUT2D eigenvalue weighted by molar-refractivity contribution is -0.146. The van der Waals surface area contributed by atoms with Crippen LogP contribution in [0.25, 0.3) is 4.96 Å². The third kappa shape index (κ3) is 5.12. The van der Waals surface area contributed by atoms with Gasteiger partial charge in [-0.25, -0.2) is 13.4 Å². The van der Waals surface area contributed by atoms with Crippen LogP contribution < -0.4 is 5.32 Å². The fourth-order valence-electron chi connectivity index (χ4n) is 3.39. The van der Waals surface area contributed by atoms with Gasteiger partial charge < -0.3 is 10.1 Å². The van der Waals surface area contributed by atoms with Gasteiger partial charge in [0.05, 0.1) is 17.0 Å². The van der Waals surface area contributed by atoms with E-state index < -0.39 is 28.5 Å². The van der Waals surface area contributed by atoms with Crippen molar-refractivity contribution < 1.29 is 22.7 Å². The summed E-state index contributed by atoms with van der Waals surface area (Å²) >= 11 is 1.46. The Bertz CT molecular complexity index is 1170. The van der Waals surface area contributed by atoms with Gasteiger partial charge in [0.15, 0.2) is 11.6 Å². The molecular formula is C20H22N4O5S2. The maximum atomic E-state index is 12.8. The second-order valence-corrected chi connectivity index (χ2v) is 10.0. The zero-order valence-electron chi connectivity index (χ0n) is 16.7. The minimum Gasteiger partial charge on any atom is -0.455 e. The van der Waals surface area contributed by atoms with Crippen LogP contribution in [-0.2, 0) is 30.8 Å². The molecule has 4 rings (SSSR count). The quantitative estimate of drug-likeness (QED) is 0.540. The van der Waals surface area contributed by atoms with Crippen molar-refractivity contribution in [1.29, 1.82) is 0 Å². The first-order chi connectivity index (χ1) is 14.9. The van der Waals surface area contributed by atoms with E-state index in [1.807, 2.05) is 16.0 Å². The number of benzene rings is 1. The fraction of sp³-hybridized carbons (Fsp3) is 0.350. The number of imidazole rings is 1. The number of sulfonamides is 1. The van der Waals surface area contributed by atoms with E-state index in [-0.39, 0.29) is 11.3 Å². The molecule has 3 heterocycles. The van der Waals surface area contributed by atoms with Crippen molar-refractivity contribution in [3.8, 4) is 0 Å². The van der Waals surface area contributed by atoms with Gasteiger partial charge in [0.2, 0.25) is 10.0 Å². The van der Waals surface area contributed by atoms with Crippen LogP contribution in [0, 0.1) is 0 Å². The van der Waals surface area contributed by atoms with Gasteiger partial charge >= 0.3 is 5.97 Å². The number of hydrogen-bond donors (Lipinski definition) is 1. The number of amides is 1. The highest BCUT2D eigenvalue weighted by Crippen LogP contribution is 2.23. The molecule has 31 heavy (non-hydrogen) atoms. The van der Waals surface area contributed by atoms with Crippen LogP contribution in [0.3, 0.4) is 0 Å². The summed E-state index contributed by atoms with van der Waals surface area (Å²) in [6, 6.07) is 6.09. The molecule has 0 aliphatic carbocycles. The van der Waals surface area contributed by atoms with Crippen molar-refractivity contribution in [3.05, 3.63) is 47.7 Å². The van der Waals surface area contributed by atoms with Gasteiger partial charge in [-0.2, -0.15) is 4.31 Å². The first kappa shape index (κ1) is 21.5. The minimum atomic E-state index is -3.60. The average Bonchev–Trinajstić information content (AvgIpc) is 3.35. The Labute approximate surface area is 183 Å². The zero-order chi connectivity index (χ0) is 21.8. The molecule has 0 unspecified atom stereocenters. The molecule has 2 aromatic heterocycles. The van der Waals surface area contributed by atoms with E-state index in [2.05, 4.69) is 10.3 Å². The van der Waals surface area contributed by atoms with Gasteiger partial charge in [0.25, 0.3) is 5.91 Å². The molecule has 1 aliphatic heterocycles. The molecule has 9 nitrogen and oxygen atoms in total. The van der Waals surface area contributed by atoms with Crippen LogP contribution in [0.2, 0.25) is 0 Å². The second kappa shape index (κ2) is 9.16. The summed E-state index contributed by atoms with van der Waals surface area (Å²) in [7, 11) is -3.60. The number of rotatable bonds is 7. The minimum absolute atomic E-state index is 0.0365. The number of anilines is 1. The number of ether oxygens (including phenoxy) is 1. The molecule has 1 amide bonds. The van der Waals surface area contributed by atoms with Gasteiger partial charge in [-0.3, -0.25) is 14.0 Å². The molecule has 1 aliphatic rings. The van der Waals surface area contributed by atoms with Crippen molar-refractivity contribution in [3.63, 3.8) is 0 Å². The number of piperidine rings is 1. The Kier molecular flexibility index (Phi) is 6.35. The van der Waals surface area contributed by atoms with Gasteiger partial charge in [-0.1, -0.05) is 12.5 Å². The predicted molar refractivity (Wildman–Crippen MR) is 115 cm³/mol. The Balaban J connectivity index is 1.31. The normalized spacial score (nSPS) is 15.1. The lowest BCUT2D eigenvalue weighted by Crippen LogP contribution is -2.35. The molecule has 11 heteroatoms. The van der Waals surface area contributed by atoms with E-state index in [1.54, 1.807) is 18.3 Å². The Hall–Kier alpha value is -2.76. The van der Waals surface area contributed by atoms with E-state index >= 15 is 0 Å². The van der Waals surface area contributed by atoms with E-state index in [0.29, 0.717) is 24.5 Å². The first-order valence-electron chi connectivity index (χ1n) is 9.88. The van der Waals surface area contributed by atoms with Crippen LogP contribution in [0.15, 0.2) is 46.9 Å². The van der Waals surface area contributed by atoms with E-state index in [9.17, 15) is 18.0 Å². The fourth-order valence-corrected chi connectivity index (χ4v) is 5.67. The second-order valence-electron chi connectivity index (χ2n) is 7.20. The molecule has 0 radical (unpaired) electrons. The zero-order valence-corrected chi connectivity index (χ0v) is 18.3. The van der Waals surface area contributed by atoms with E-state index in [4.69, 9.17) is 4.74 Å². The molecular weight excluding hydrogens is 440 g/mol. The lowest BCUT2D eigenvalue weighted by atomic mass is 10.2. The molecule has 1 aromatic carbocycles. The smallest absolute Gasteiger partial charge is 0.312 e. The molecule has 3 aromatic rings. The monoisotopic (exact) mass is 462 g/mol. The lowest BCUT2D eigenvalue weighted by Gasteiger charge is -2.26. The average molecular weight is 463 g/mol. The van der Waals surface area contributed by atoms with Crippen LogP contribution in [-0.4, -0.2) is 53.7 Å². The number of fused-ring (bicyclic) bond motifs is 1. The van der Waals surface area contributed by atoms with Gasteiger partial charge in [-0.05, 0) is 31.0 Å². The van der Waals surface area contributed by atoms with Gasteiger partial charge in [0.1, 0.15) is 0 Å². The molecule has 1 fully saturated rings. The molecule has 164 valence electrons. The largest absolute Gasteiger partial charge is 0.455 e. The number of carbonyl (C=O) groups is 2. The molecule has 0 atom stereocenters. The van der Waals surface area contributed by atoms with E-state index in [0.717, 1.165) is 24.2 Å². The molecule has 0 bridgehead atoms. The summed E-state index contributed by atoms with van der Waals surface area (Å²) in [5.41, 5.74) is 0.890. The highest BCUT2D eigenvalue weighted by Gasteiger charge is 2.26. The summed E-state index contributed by atoms with van der Waals surface area (Å²) in [5, 5.41) is 4.47. The Morgan fingerprint density at radius 2 is 2.00 bits per heavy atom. The highest BCUT2D eigenvalue weighted by atomic mass is 32.2. The summed E-state index contributed by atoms with van der Waals surface area (Å²) < 4.78 is 33.9. The van der Waals surface area contributed by atoms with Crippen molar-refractivity contribution in [2.75, 3.05) is 25.0 Å². The maximum Gasteiger partial charge on any atom is 0.312 e. The van der Waals surface area contributed by atoms with Crippen LogP contribution in [0.1, 0.15) is 25.0 Å². The summed E-state index contributed by atoms with van der Waals surface area (Å²) in [6.45, 7) is 0.539. The van der Waals surface area contributed by atoms with Gasteiger partial charge in [0, 0.05) is 36.6 Å². The summed E-state index contributed by atoms with van der Waals surface area (Å²) in [4.78, 5) is 29.4. The van der Waals surface area contributed by atoms with Crippen molar-refractivity contribution >= 4 is 43.9 Å². The number of carbonyl (C=O) groups excluding carboxylic acids is 2. The third-order valence-electron chi connectivity index (χ3n) is 4.90. The first-order valence-corrected chi connectivity index (χ1v) is 12.2. The van der Waals surface area contributed by atoms with Crippen molar-refractivity contribution in [1.82, 2.24) is 13.7 Å². The number of thiazole rings is 1. The predicted octanol–water partition coefficient (Wildman–Crippen LogP) is 2.29. The van der Waals surface area contributed by atoms with Crippen molar-refractivity contribution in [2.24, 2.45) is 0 Å². The third-order valence-corrected chi connectivity index (χ3v) is 7.57. The molecule has 1 saturated heterocycles. The Morgan fingerprint density at radius 1 is 1.19 bits per heavy atom. The summed E-state index contributed by atoms with van der Waals surface area (Å²) in [6.07, 6.45) is 6.26. The number of nitrogens with one attached hydrogen (secondary N) is 1. The maximum absolute atomic E-state index is 12.8. The number of aromatic nitrogens is 2. The topological polar surface area (TPSA) is 110 Å². The number of esters is 1. The standard InChI is InChI=1S/C20H22N4O5S2/c25-18(14-29-19(26)12-16-13-23-9-10-30-20(23)22-16)21-15-5-4-6-17(11-15)31(27,28)24-7-2-1-3-8-24/h4-6,9-11,13H,1-3,7-8,12,14H2,(H,21,25). The van der Waals surface area contributed by atoms with Crippen LogP contribution in [0.4, 0.5) is 5.69 Å². The SMILES string of the molecule is O=C(COC(=O)Cc1cn2ccsc2n1)Nc1cccc(S(=O)(=O)N2CCCCC2)c1. The van der Waals surface area contributed by atoms with E-state index in [1.165, 1.54) is 27.8 Å². The Morgan fingerprint density at radius 3 is 2.77 bits per heavy atom. The molecule has 0 saturated carbocycles. The molecule has 1 N–H and O–H groups in total. The van der Waals surface area contributed by atoms with Crippen LogP contribution in [0.5, 0.6) is 0 Å². The summed E-state index contributed by atoms with van der Waals surface area (Å²) in [5.74, 6) is -1.12. The van der Waals surface area contributed by atoms with Gasteiger partial charge in [-0.15, -0.1) is 11.3 Å². The highest BCUT2D eigenvalue weighted by molar-refractivity contribution is 7.89.